The lowest BCUT2D eigenvalue weighted by molar-refractivity contribution is -0.140. The minimum absolute atomic E-state index is 0.249. The number of hydrogen-bond acceptors (Lipinski definition) is 7. The molecule has 0 amide bonds. The molecule has 1 heterocycles. The highest BCUT2D eigenvalue weighted by Crippen LogP contribution is 2.36. The molecule has 226 valence electrons. The fourth-order valence-electron chi connectivity index (χ4n) is 4.36. The predicted octanol–water partition coefficient (Wildman–Crippen LogP) is 9.35. The van der Waals surface area contributed by atoms with Crippen molar-refractivity contribution in [3.63, 3.8) is 0 Å². The molecule has 0 aliphatic heterocycles. The Morgan fingerprint density at radius 3 is 2.23 bits per heavy atom. The van der Waals surface area contributed by atoms with Gasteiger partial charge in [0.15, 0.2) is 11.3 Å². The van der Waals surface area contributed by atoms with Crippen molar-refractivity contribution in [1.82, 2.24) is 4.98 Å². The fraction of sp³-hybridized carbons (Fsp3) is 0.281. The number of aryl methyl sites for hydroxylation is 1. The van der Waals surface area contributed by atoms with Gasteiger partial charge in [-0.05, 0) is 85.7 Å². The Bertz CT molecular complexity index is 1600. The number of methoxy groups -OCH3 is 2. The van der Waals surface area contributed by atoms with E-state index in [0.29, 0.717) is 79.8 Å². The first-order valence-corrected chi connectivity index (χ1v) is 15.0. The first kappa shape index (κ1) is 32.7. The van der Waals surface area contributed by atoms with Gasteiger partial charge in [0.25, 0.3) is 0 Å². The van der Waals surface area contributed by atoms with Crippen molar-refractivity contribution in [2.75, 3.05) is 20.8 Å². The number of fused-ring (bicyclic) bond motifs is 1. The molecule has 0 unspecified atom stereocenters. The second-order valence-electron chi connectivity index (χ2n) is 9.58. The number of halogens is 4. The lowest BCUT2D eigenvalue weighted by Crippen LogP contribution is -2.02. The Hall–Kier alpha value is -3.23. The molecule has 0 saturated heterocycles. The van der Waals surface area contributed by atoms with Gasteiger partial charge in [0.05, 0.1) is 36.4 Å². The lowest BCUT2D eigenvalue weighted by atomic mass is 10.1. The zero-order valence-corrected chi connectivity index (χ0v) is 26.6. The smallest absolute Gasteiger partial charge is 0.337 e. The summed E-state index contributed by atoms with van der Waals surface area (Å²) in [6, 6.07) is 12.0. The molecule has 4 aromatic rings. The molecule has 0 aliphatic rings. The van der Waals surface area contributed by atoms with Gasteiger partial charge in [-0.3, -0.25) is 4.79 Å². The topological polar surface area (TPSA) is 87.9 Å². The zero-order chi connectivity index (χ0) is 30.9. The molecule has 0 radical (unpaired) electrons. The van der Waals surface area contributed by atoms with Crippen molar-refractivity contribution in [3.8, 4) is 17.2 Å². The monoisotopic (exact) mass is 663 g/mol. The molecule has 0 fully saturated rings. The quantitative estimate of drug-likeness (QED) is 0.0799. The normalized spacial score (nSPS) is 11.3. The molecule has 0 bridgehead atoms. The molecule has 43 heavy (non-hydrogen) atoms. The molecule has 0 spiro atoms. The first-order valence-electron chi connectivity index (χ1n) is 13.5. The maximum atomic E-state index is 11.8. The Morgan fingerprint density at radius 2 is 1.56 bits per heavy atom. The van der Waals surface area contributed by atoms with Crippen molar-refractivity contribution in [1.29, 1.82) is 0 Å². The maximum Gasteiger partial charge on any atom is 0.337 e. The third-order valence-corrected chi connectivity index (χ3v) is 7.83. The average Bonchev–Trinajstić information content (AvgIpc) is 3.42. The molecule has 0 atom stereocenters. The van der Waals surface area contributed by atoms with Crippen LogP contribution in [0.5, 0.6) is 5.75 Å². The summed E-state index contributed by atoms with van der Waals surface area (Å²) in [6.45, 7) is 0.413. The van der Waals surface area contributed by atoms with E-state index >= 15 is 0 Å². The van der Waals surface area contributed by atoms with Crippen LogP contribution in [0.1, 0.15) is 47.2 Å². The van der Waals surface area contributed by atoms with Crippen LogP contribution >= 0.6 is 46.4 Å². The maximum absolute atomic E-state index is 11.8. The number of carbonyl (C=O) groups is 2. The number of esters is 2. The lowest BCUT2D eigenvalue weighted by Gasteiger charge is -2.11. The number of oxazole rings is 1. The highest BCUT2D eigenvalue weighted by molar-refractivity contribution is 6.37. The van der Waals surface area contributed by atoms with Crippen LogP contribution in [0, 0.1) is 0 Å². The van der Waals surface area contributed by atoms with Gasteiger partial charge in [0.2, 0.25) is 5.89 Å². The summed E-state index contributed by atoms with van der Waals surface area (Å²) in [5.41, 5.74) is 3.77. The van der Waals surface area contributed by atoms with Crippen molar-refractivity contribution >= 4 is 69.4 Å². The van der Waals surface area contributed by atoms with Gasteiger partial charge in [-0.25, -0.2) is 9.78 Å². The van der Waals surface area contributed by atoms with Crippen LogP contribution in [0.25, 0.3) is 22.6 Å². The average molecular weight is 665 g/mol. The summed E-state index contributed by atoms with van der Waals surface area (Å²) in [5, 5.41) is 1.87. The summed E-state index contributed by atoms with van der Waals surface area (Å²) >= 11 is 25.9. The molecule has 7 nitrogen and oxygen atoms in total. The van der Waals surface area contributed by atoms with E-state index in [2.05, 4.69) is 15.8 Å². The molecule has 3 aromatic carbocycles. The molecular formula is C32H29Cl4NO6. The molecule has 11 heteroatoms. The summed E-state index contributed by atoms with van der Waals surface area (Å²) in [4.78, 5) is 27.7. The number of benzene rings is 3. The number of hydrogen-bond donors (Lipinski definition) is 0. The van der Waals surface area contributed by atoms with Gasteiger partial charge in [0.1, 0.15) is 5.52 Å². The first-order chi connectivity index (χ1) is 20.7. The van der Waals surface area contributed by atoms with E-state index in [0.717, 1.165) is 24.0 Å². The molecule has 0 N–H and O–H groups in total. The third-order valence-electron chi connectivity index (χ3n) is 6.60. The van der Waals surface area contributed by atoms with Gasteiger partial charge in [-0.1, -0.05) is 58.6 Å². The second kappa shape index (κ2) is 15.5. The molecule has 0 aliphatic carbocycles. The molecule has 4 rings (SSSR count). The minimum Gasteiger partial charge on any atom is -0.490 e. The summed E-state index contributed by atoms with van der Waals surface area (Å²) in [5.74, 6) is 0.0354. The highest BCUT2D eigenvalue weighted by atomic mass is 35.5. The van der Waals surface area contributed by atoms with Crippen LogP contribution in [0.3, 0.4) is 0 Å². The number of ether oxygens (including phenoxy) is 3. The van der Waals surface area contributed by atoms with Gasteiger partial charge < -0.3 is 18.6 Å². The SMILES string of the molecule is COC(=O)CCc1cc(Cl)c(OCC/C=C/CCCc2c(Cl)cc(-c3nc4ccc(C(=O)OC)cc4o3)cc2Cl)c(Cl)c1. The largest absolute Gasteiger partial charge is 0.490 e. The van der Waals surface area contributed by atoms with E-state index in [1.807, 2.05) is 6.08 Å². The van der Waals surface area contributed by atoms with Crippen molar-refractivity contribution in [3.05, 3.63) is 91.4 Å². The van der Waals surface area contributed by atoms with E-state index in [9.17, 15) is 9.59 Å². The number of rotatable bonds is 13. The van der Waals surface area contributed by atoms with Crippen LogP contribution < -0.4 is 4.74 Å². The van der Waals surface area contributed by atoms with Crippen LogP contribution in [0.4, 0.5) is 0 Å². The van der Waals surface area contributed by atoms with E-state index in [1.165, 1.54) is 14.2 Å². The fourth-order valence-corrected chi connectivity index (χ4v) is 5.68. The summed E-state index contributed by atoms with van der Waals surface area (Å²) in [6.07, 6.45) is 7.91. The second-order valence-corrected chi connectivity index (χ2v) is 11.2. The third kappa shape index (κ3) is 8.67. The van der Waals surface area contributed by atoms with Gasteiger partial charge in [0, 0.05) is 22.0 Å². The van der Waals surface area contributed by atoms with Crippen LogP contribution in [-0.2, 0) is 27.1 Å². The van der Waals surface area contributed by atoms with Crippen LogP contribution in [-0.4, -0.2) is 37.7 Å². The molecule has 1 aromatic heterocycles. The summed E-state index contributed by atoms with van der Waals surface area (Å²) in [7, 11) is 2.68. The Kier molecular flexibility index (Phi) is 11.8. The number of unbranched alkanes of at least 4 members (excludes halogenated alkanes) is 1. The number of carbonyl (C=O) groups excluding carboxylic acids is 2. The van der Waals surface area contributed by atoms with Gasteiger partial charge in [-0.2, -0.15) is 0 Å². The van der Waals surface area contributed by atoms with E-state index < -0.39 is 5.97 Å². The standard InChI is InChI=1S/C32H29Cl4NO6/c1-40-29(38)12-9-19-14-25(35)30(26(36)15-19)42-13-7-5-3-4-6-8-22-23(33)16-21(17-24(22)34)31-37-27-11-10-20(32(39)41-2)18-28(27)43-31/h3,5,10-11,14-18H,4,6-9,12-13H2,1-2H3/b5-3+. The summed E-state index contributed by atoms with van der Waals surface area (Å²) < 4.78 is 21.1. The Balaban J connectivity index is 1.25. The highest BCUT2D eigenvalue weighted by Gasteiger charge is 2.16. The van der Waals surface area contributed by atoms with E-state index in [-0.39, 0.29) is 12.4 Å². The minimum atomic E-state index is -0.454. The van der Waals surface area contributed by atoms with Crippen molar-refractivity contribution in [2.45, 2.75) is 38.5 Å². The number of allylic oxidation sites excluding steroid dienone is 1. The predicted molar refractivity (Wildman–Crippen MR) is 170 cm³/mol. The Labute approximate surface area is 269 Å². The number of nitrogens with zero attached hydrogens (tertiary/aromatic N) is 1. The van der Waals surface area contributed by atoms with Gasteiger partial charge in [-0.15, -0.1) is 0 Å². The van der Waals surface area contributed by atoms with Crippen molar-refractivity contribution < 1.29 is 28.2 Å². The Morgan fingerprint density at radius 1 is 0.860 bits per heavy atom. The van der Waals surface area contributed by atoms with E-state index in [1.54, 1.807) is 42.5 Å². The van der Waals surface area contributed by atoms with Crippen LogP contribution in [0.15, 0.2) is 59.0 Å². The van der Waals surface area contributed by atoms with Crippen LogP contribution in [0.2, 0.25) is 20.1 Å². The van der Waals surface area contributed by atoms with E-state index in [4.69, 9.17) is 60.3 Å². The zero-order valence-electron chi connectivity index (χ0n) is 23.6. The van der Waals surface area contributed by atoms with Crippen molar-refractivity contribution in [2.24, 2.45) is 0 Å². The molecule has 0 saturated carbocycles. The molecular weight excluding hydrogens is 636 g/mol. The van der Waals surface area contributed by atoms with Gasteiger partial charge >= 0.3 is 11.9 Å². The number of aromatic nitrogens is 1.